The SMILES string of the molecule is Fc1cccc2c(CBr)cnc(Cl)c12. The minimum atomic E-state index is -0.331. The third-order valence-electron chi connectivity index (χ3n) is 2.04. The van der Waals surface area contributed by atoms with Crippen LogP contribution in [0.1, 0.15) is 5.56 Å². The molecule has 4 heteroatoms. The highest BCUT2D eigenvalue weighted by atomic mass is 79.9. The number of pyridine rings is 1. The summed E-state index contributed by atoms with van der Waals surface area (Å²) in [6.07, 6.45) is 1.65. The third kappa shape index (κ3) is 1.51. The smallest absolute Gasteiger partial charge is 0.139 e. The molecule has 0 amide bonds. The summed E-state index contributed by atoms with van der Waals surface area (Å²) in [5, 5.41) is 2.05. The van der Waals surface area contributed by atoms with Gasteiger partial charge in [-0.05, 0) is 17.0 Å². The molecule has 2 rings (SSSR count). The largest absolute Gasteiger partial charge is 0.243 e. The highest BCUT2D eigenvalue weighted by Crippen LogP contribution is 2.27. The van der Waals surface area contributed by atoms with E-state index in [0.29, 0.717) is 10.7 Å². The van der Waals surface area contributed by atoms with Gasteiger partial charge >= 0.3 is 0 Å². The van der Waals surface area contributed by atoms with E-state index in [4.69, 9.17) is 11.6 Å². The molecular weight excluding hydrogens is 268 g/mol. The number of fused-ring (bicyclic) bond motifs is 1. The Balaban J connectivity index is 2.91. The van der Waals surface area contributed by atoms with Gasteiger partial charge in [0.05, 0.1) is 5.39 Å². The van der Waals surface area contributed by atoms with Crippen LogP contribution in [-0.2, 0) is 5.33 Å². The Kier molecular flexibility index (Phi) is 2.70. The second kappa shape index (κ2) is 3.83. The van der Waals surface area contributed by atoms with Gasteiger partial charge in [0.2, 0.25) is 0 Å². The second-order valence-electron chi connectivity index (χ2n) is 2.87. The van der Waals surface area contributed by atoms with Crippen LogP contribution in [0.25, 0.3) is 10.8 Å². The Morgan fingerprint density at radius 3 is 2.93 bits per heavy atom. The average Bonchev–Trinajstić information content (AvgIpc) is 2.18. The monoisotopic (exact) mass is 273 g/mol. The summed E-state index contributed by atoms with van der Waals surface area (Å²) in [6, 6.07) is 4.89. The van der Waals surface area contributed by atoms with E-state index in [2.05, 4.69) is 20.9 Å². The Labute approximate surface area is 94.0 Å². The summed E-state index contributed by atoms with van der Waals surface area (Å²) < 4.78 is 13.4. The van der Waals surface area contributed by atoms with Crippen LogP contribution in [0.4, 0.5) is 4.39 Å². The molecule has 0 saturated carbocycles. The van der Waals surface area contributed by atoms with E-state index in [1.165, 1.54) is 6.07 Å². The van der Waals surface area contributed by atoms with Crippen molar-refractivity contribution in [2.45, 2.75) is 5.33 Å². The number of benzene rings is 1. The van der Waals surface area contributed by atoms with Crippen molar-refractivity contribution in [3.63, 3.8) is 0 Å². The van der Waals surface area contributed by atoms with Crippen molar-refractivity contribution in [1.29, 1.82) is 0 Å². The highest BCUT2D eigenvalue weighted by Gasteiger charge is 2.08. The first-order valence-corrected chi connectivity index (χ1v) is 5.51. The molecule has 72 valence electrons. The maximum absolute atomic E-state index is 13.4. The lowest BCUT2D eigenvalue weighted by Crippen LogP contribution is -1.89. The van der Waals surface area contributed by atoms with Crippen molar-refractivity contribution >= 4 is 38.3 Å². The van der Waals surface area contributed by atoms with Crippen molar-refractivity contribution in [3.8, 4) is 0 Å². The Bertz CT molecular complexity index is 479. The number of hydrogen-bond acceptors (Lipinski definition) is 1. The Morgan fingerprint density at radius 2 is 2.21 bits per heavy atom. The molecule has 0 N–H and O–H groups in total. The number of halogens is 3. The van der Waals surface area contributed by atoms with Gasteiger partial charge in [0.15, 0.2) is 0 Å². The molecule has 14 heavy (non-hydrogen) atoms. The Morgan fingerprint density at radius 1 is 1.43 bits per heavy atom. The molecule has 0 spiro atoms. The van der Waals surface area contributed by atoms with Crippen LogP contribution in [0.15, 0.2) is 24.4 Å². The molecule has 0 aliphatic heterocycles. The van der Waals surface area contributed by atoms with E-state index in [0.717, 1.165) is 10.9 Å². The van der Waals surface area contributed by atoms with E-state index in [-0.39, 0.29) is 11.0 Å². The quantitative estimate of drug-likeness (QED) is 0.567. The van der Waals surface area contributed by atoms with Crippen LogP contribution in [0.5, 0.6) is 0 Å². The third-order valence-corrected chi connectivity index (χ3v) is 2.93. The van der Waals surface area contributed by atoms with Gasteiger partial charge in [-0.3, -0.25) is 0 Å². The number of nitrogens with zero attached hydrogens (tertiary/aromatic N) is 1. The van der Waals surface area contributed by atoms with E-state index in [9.17, 15) is 4.39 Å². The van der Waals surface area contributed by atoms with Crippen LogP contribution in [0.2, 0.25) is 5.15 Å². The zero-order valence-corrected chi connectivity index (χ0v) is 9.44. The number of hydrogen-bond donors (Lipinski definition) is 0. The standard InChI is InChI=1S/C10H6BrClFN/c11-4-6-5-14-10(12)9-7(6)2-1-3-8(9)13/h1-3,5H,4H2. The predicted molar refractivity (Wildman–Crippen MR) is 59.3 cm³/mol. The van der Waals surface area contributed by atoms with Gasteiger partial charge in [0.25, 0.3) is 0 Å². The van der Waals surface area contributed by atoms with Crippen molar-refractivity contribution in [3.05, 3.63) is 40.9 Å². The molecule has 1 nitrogen and oxygen atoms in total. The van der Waals surface area contributed by atoms with Crippen molar-refractivity contribution in [2.75, 3.05) is 0 Å². The number of aromatic nitrogens is 1. The minimum absolute atomic E-state index is 0.211. The van der Waals surface area contributed by atoms with E-state index in [1.807, 2.05) is 6.07 Å². The molecule has 0 saturated heterocycles. The molecular formula is C10H6BrClFN. The van der Waals surface area contributed by atoms with Gasteiger partial charge in [0, 0.05) is 11.5 Å². The van der Waals surface area contributed by atoms with Crippen LogP contribution in [0.3, 0.4) is 0 Å². The lowest BCUT2D eigenvalue weighted by Gasteiger charge is -2.05. The normalized spacial score (nSPS) is 10.8. The van der Waals surface area contributed by atoms with Gasteiger partial charge < -0.3 is 0 Å². The fraction of sp³-hybridized carbons (Fsp3) is 0.100. The van der Waals surface area contributed by atoms with Crippen LogP contribution in [0, 0.1) is 5.82 Å². The first kappa shape index (κ1) is 9.87. The first-order chi connectivity index (χ1) is 6.74. The van der Waals surface area contributed by atoms with Gasteiger partial charge in [-0.1, -0.05) is 39.7 Å². The van der Waals surface area contributed by atoms with Crippen molar-refractivity contribution < 1.29 is 4.39 Å². The van der Waals surface area contributed by atoms with Gasteiger partial charge in [-0.15, -0.1) is 0 Å². The molecule has 2 aromatic rings. The second-order valence-corrected chi connectivity index (χ2v) is 3.79. The zero-order valence-electron chi connectivity index (χ0n) is 7.10. The molecule has 0 radical (unpaired) electrons. The van der Waals surface area contributed by atoms with E-state index < -0.39 is 0 Å². The lowest BCUT2D eigenvalue weighted by atomic mass is 10.1. The average molecular weight is 275 g/mol. The summed E-state index contributed by atoms with van der Waals surface area (Å²) in [4.78, 5) is 3.93. The van der Waals surface area contributed by atoms with Crippen LogP contribution in [-0.4, -0.2) is 4.98 Å². The summed E-state index contributed by atoms with van der Waals surface area (Å²) in [6.45, 7) is 0. The predicted octanol–water partition coefficient (Wildman–Crippen LogP) is 3.92. The van der Waals surface area contributed by atoms with E-state index in [1.54, 1.807) is 12.3 Å². The van der Waals surface area contributed by atoms with E-state index >= 15 is 0 Å². The topological polar surface area (TPSA) is 12.9 Å². The maximum atomic E-state index is 13.4. The summed E-state index contributed by atoms with van der Waals surface area (Å²) >= 11 is 9.15. The zero-order chi connectivity index (χ0) is 10.1. The molecule has 1 heterocycles. The molecule has 0 aliphatic rings. The molecule has 1 aromatic heterocycles. The summed E-state index contributed by atoms with van der Waals surface area (Å²) in [7, 11) is 0. The van der Waals surface area contributed by atoms with Gasteiger partial charge in [-0.25, -0.2) is 9.37 Å². The molecule has 0 fully saturated rings. The molecule has 0 atom stereocenters. The molecule has 0 bridgehead atoms. The fourth-order valence-electron chi connectivity index (χ4n) is 1.38. The fourth-order valence-corrected chi connectivity index (χ4v) is 2.06. The molecule has 0 aliphatic carbocycles. The minimum Gasteiger partial charge on any atom is -0.243 e. The molecule has 1 aromatic carbocycles. The van der Waals surface area contributed by atoms with Crippen molar-refractivity contribution in [1.82, 2.24) is 4.98 Å². The van der Waals surface area contributed by atoms with Crippen LogP contribution < -0.4 is 0 Å². The van der Waals surface area contributed by atoms with Gasteiger partial charge in [0.1, 0.15) is 11.0 Å². The maximum Gasteiger partial charge on any atom is 0.139 e. The summed E-state index contributed by atoms with van der Waals surface area (Å²) in [5.74, 6) is -0.331. The van der Waals surface area contributed by atoms with Gasteiger partial charge in [-0.2, -0.15) is 0 Å². The lowest BCUT2D eigenvalue weighted by molar-refractivity contribution is 0.639. The number of rotatable bonds is 1. The summed E-state index contributed by atoms with van der Waals surface area (Å²) in [5.41, 5.74) is 0.934. The Hall–Kier alpha value is -0.670. The first-order valence-electron chi connectivity index (χ1n) is 4.01. The number of alkyl halides is 1. The van der Waals surface area contributed by atoms with Crippen LogP contribution >= 0.6 is 27.5 Å². The van der Waals surface area contributed by atoms with Crippen molar-refractivity contribution in [2.24, 2.45) is 0 Å². The molecule has 0 unspecified atom stereocenters. The highest BCUT2D eigenvalue weighted by molar-refractivity contribution is 9.08.